The van der Waals surface area contributed by atoms with E-state index in [1.165, 1.54) is 5.57 Å². The van der Waals surface area contributed by atoms with Gasteiger partial charge in [0.15, 0.2) is 0 Å². The molecule has 2 aliphatic heterocycles. The quantitative estimate of drug-likeness (QED) is 0.525. The Kier molecular flexibility index (Phi) is 9.31. The van der Waals surface area contributed by atoms with Crippen LogP contribution in [0.1, 0.15) is 82.6 Å². The van der Waals surface area contributed by atoms with Crippen molar-refractivity contribution in [1.29, 1.82) is 0 Å². The van der Waals surface area contributed by atoms with Crippen LogP contribution in [0.4, 0.5) is 0 Å². The van der Waals surface area contributed by atoms with E-state index in [1.54, 1.807) is 0 Å². The first-order valence-corrected chi connectivity index (χ1v) is 12.9. The number of piperidine rings is 2. The summed E-state index contributed by atoms with van der Waals surface area (Å²) in [5.74, 6) is 0.948. The second kappa shape index (κ2) is 12.0. The minimum Gasteiger partial charge on any atom is -0.491 e. The summed E-state index contributed by atoms with van der Waals surface area (Å²) in [6.45, 7) is 14.6. The molecule has 2 fully saturated rings. The Morgan fingerprint density at radius 3 is 2.68 bits per heavy atom. The number of carbonyl (C=O) groups excluding carboxylic acids is 1. The van der Waals surface area contributed by atoms with Crippen LogP contribution in [0.3, 0.4) is 0 Å². The number of aryl methyl sites for hydroxylation is 1. The molecule has 34 heavy (non-hydrogen) atoms. The van der Waals surface area contributed by atoms with E-state index >= 15 is 0 Å². The third-order valence-corrected chi connectivity index (χ3v) is 6.92. The van der Waals surface area contributed by atoms with Gasteiger partial charge in [0.25, 0.3) is 5.91 Å². The molecule has 1 amide bonds. The zero-order valence-electron chi connectivity index (χ0n) is 21.9. The normalized spacial score (nSPS) is 23.1. The molecule has 1 N–H and O–H groups in total. The number of hydrogen-bond acceptors (Lipinski definition) is 5. The molecule has 0 aliphatic carbocycles. The van der Waals surface area contributed by atoms with Crippen LogP contribution in [-0.4, -0.2) is 60.5 Å². The lowest BCUT2D eigenvalue weighted by Gasteiger charge is -2.50. The van der Waals surface area contributed by atoms with Crippen molar-refractivity contribution in [3.63, 3.8) is 0 Å². The highest BCUT2D eigenvalue weighted by Gasteiger charge is 2.43. The molecule has 2 unspecified atom stereocenters. The maximum Gasteiger partial charge on any atom is 0.253 e. The van der Waals surface area contributed by atoms with Crippen LogP contribution in [0, 0.1) is 6.92 Å². The highest BCUT2D eigenvalue weighted by atomic mass is 16.5. The molecule has 2 aliphatic rings. The van der Waals surface area contributed by atoms with Crippen LogP contribution in [0.5, 0.6) is 5.75 Å². The fourth-order valence-corrected chi connectivity index (χ4v) is 5.10. The van der Waals surface area contributed by atoms with Gasteiger partial charge in [-0.1, -0.05) is 6.92 Å². The molecule has 0 aromatic heterocycles. The average Bonchev–Trinajstić information content (AvgIpc) is 2.82. The van der Waals surface area contributed by atoms with E-state index in [2.05, 4.69) is 24.2 Å². The van der Waals surface area contributed by atoms with Gasteiger partial charge in [0, 0.05) is 49.3 Å². The highest BCUT2D eigenvalue weighted by molar-refractivity contribution is 5.94. The van der Waals surface area contributed by atoms with Crippen molar-refractivity contribution in [2.45, 2.75) is 97.4 Å². The largest absolute Gasteiger partial charge is 0.491 e. The van der Waals surface area contributed by atoms with Gasteiger partial charge in [0.05, 0.1) is 12.2 Å². The Morgan fingerprint density at radius 1 is 1.32 bits per heavy atom. The molecule has 0 bridgehead atoms. The van der Waals surface area contributed by atoms with Crippen LogP contribution in [-0.2, 0) is 4.74 Å². The van der Waals surface area contributed by atoms with Gasteiger partial charge in [-0.05, 0) is 96.1 Å². The third-order valence-electron chi connectivity index (χ3n) is 6.92. The van der Waals surface area contributed by atoms with Crippen molar-refractivity contribution < 1.29 is 14.3 Å². The Hall–Kier alpha value is -2.18. The Bertz CT molecular complexity index is 885. The van der Waals surface area contributed by atoms with Crippen molar-refractivity contribution in [3.05, 3.63) is 41.1 Å². The average molecular weight is 470 g/mol. The maximum atomic E-state index is 13.3. The third kappa shape index (κ3) is 6.70. The zero-order chi connectivity index (χ0) is 24.7. The lowest BCUT2D eigenvalue weighted by molar-refractivity contribution is -0.0226. The summed E-state index contributed by atoms with van der Waals surface area (Å²) in [6.07, 6.45) is 8.98. The summed E-state index contributed by atoms with van der Waals surface area (Å²) >= 11 is 0. The topological polar surface area (TPSA) is 63.2 Å². The number of nitrogens with zero attached hydrogens (tertiary/aromatic N) is 2. The Balaban J connectivity index is 1.69. The SMILES string of the molecule is CC=N/C=C(\C)C1CC(OCCC)CC2(CCN(C(=O)c3ccc(OC(C)C)c(C)c3)CC2)N1. The first kappa shape index (κ1) is 26.4. The summed E-state index contributed by atoms with van der Waals surface area (Å²) in [5.41, 5.74) is 2.96. The van der Waals surface area contributed by atoms with E-state index in [0.717, 1.165) is 68.7 Å². The van der Waals surface area contributed by atoms with Crippen LogP contribution in [0.15, 0.2) is 35.0 Å². The lowest BCUT2D eigenvalue weighted by atomic mass is 9.76. The molecular formula is C28H43N3O3. The van der Waals surface area contributed by atoms with Crippen molar-refractivity contribution >= 4 is 12.1 Å². The predicted molar refractivity (Wildman–Crippen MR) is 139 cm³/mol. The number of benzene rings is 1. The van der Waals surface area contributed by atoms with Crippen LogP contribution < -0.4 is 10.1 Å². The molecular weight excluding hydrogens is 426 g/mol. The molecule has 1 spiro atoms. The molecule has 0 saturated carbocycles. The van der Waals surface area contributed by atoms with Crippen LogP contribution >= 0.6 is 0 Å². The summed E-state index contributed by atoms with van der Waals surface area (Å²) in [4.78, 5) is 19.6. The van der Waals surface area contributed by atoms with Gasteiger partial charge in [0.2, 0.25) is 0 Å². The number of ether oxygens (including phenoxy) is 2. The van der Waals surface area contributed by atoms with Crippen molar-refractivity contribution in [2.75, 3.05) is 19.7 Å². The molecule has 2 heterocycles. The van der Waals surface area contributed by atoms with Gasteiger partial charge in [-0.2, -0.15) is 0 Å². The number of rotatable bonds is 8. The summed E-state index contributed by atoms with van der Waals surface area (Å²) < 4.78 is 12.1. The first-order chi connectivity index (χ1) is 16.3. The molecule has 6 heteroatoms. The molecule has 188 valence electrons. The van der Waals surface area contributed by atoms with E-state index in [-0.39, 0.29) is 29.7 Å². The van der Waals surface area contributed by atoms with E-state index < -0.39 is 0 Å². The number of hydrogen-bond donors (Lipinski definition) is 1. The highest BCUT2D eigenvalue weighted by Crippen LogP contribution is 2.36. The maximum absolute atomic E-state index is 13.3. The number of nitrogens with one attached hydrogen (secondary N) is 1. The number of carbonyl (C=O) groups is 1. The van der Waals surface area contributed by atoms with E-state index in [1.807, 2.05) is 63.2 Å². The molecule has 6 nitrogen and oxygen atoms in total. The zero-order valence-corrected chi connectivity index (χ0v) is 21.9. The smallest absolute Gasteiger partial charge is 0.253 e. The van der Waals surface area contributed by atoms with Crippen molar-refractivity contribution in [2.24, 2.45) is 4.99 Å². The number of amides is 1. The van der Waals surface area contributed by atoms with Gasteiger partial charge in [-0.25, -0.2) is 0 Å². The van der Waals surface area contributed by atoms with Gasteiger partial charge in [-0.3, -0.25) is 9.79 Å². The number of aliphatic imine (C=N–C) groups is 1. The predicted octanol–water partition coefficient (Wildman–Crippen LogP) is 5.30. The first-order valence-electron chi connectivity index (χ1n) is 12.9. The molecule has 0 radical (unpaired) electrons. The number of likely N-dealkylation sites (tertiary alicyclic amines) is 1. The van der Waals surface area contributed by atoms with Gasteiger partial charge in [0.1, 0.15) is 5.75 Å². The minimum atomic E-state index is -0.00594. The second-order valence-electron chi connectivity index (χ2n) is 10.1. The summed E-state index contributed by atoms with van der Waals surface area (Å²) in [7, 11) is 0. The fourth-order valence-electron chi connectivity index (χ4n) is 5.10. The molecule has 3 rings (SSSR count). The Labute approximate surface area is 205 Å². The molecule has 2 saturated heterocycles. The van der Waals surface area contributed by atoms with Crippen molar-refractivity contribution in [1.82, 2.24) is 10.2 Å². The second-order valence-corrected chi connectivity index (χ2v) is 10.1. The van der Waals surface area contributed by atoms with E-state index in [4.69, 9.17) is 9.47 Å². The molecule has 1 aromatic rings. The van der Waals surface area contributed by atoms with Crippen molar-refractivity contribution in [3.8, 4) is 5.75 Å². The standard InChI is InChI=1S/C28H43N3O3/c1-7-15-33-24-17-25(22(6)19-29-8-2)30-28(18-24)11-13-31(14-12-28)27(32)23-9-10-26(21(5)16-23)34-20(3)4/h8-10,16,19-20,24-25,30H,7,11-15,17-18H2,1-6H3/b22-19+,29-8?. The van der Waals surface area contributed by atoms with Crippen LogP contribution in [0.2, 0.25) is 0 Å². The van der Waals surface area contributed by atoms with Gasteiger partial charge < -0.3 is 19.7 Å². The summed E-state index contributed by atoms with van der Waals surface area (Å²) in [5, 5.41) is 3.94. The van der Waals surface area contributed by atoms with E-state index in [0.29, 0.717) is 0 Å². The summed E-state index contributed by atoms with van der Waals surface area (Å²) in [6, 6.07) is 6.02. The van der Waals surface area contributed by atoms with E-state index in [9.17, 15) is 4.79 Å². The lowest BCUT2D eigenvalue weighted by Crippen LogP contribution is -2.62. The fraction of sp³-hybridized carbons (Fsp3) is 0.643. The van der Waals surface area contributed by atoms with Gasteiger partial charge in [-0.15, -0.1) is 0 Å². The molecule has 2 atom stereocenters. The minimum absolute atomic E-state index is 0.00594. The monoisotopic (exact) mass is 469 g/mol. The van der Waals surface area contributed by atoms with Crippen LogP contribution in [0.25, 0.3) is 0 Å². The molecule has 1 aromatic carbocycles. The van der Waals surface area contributed by atoms with Gasteiger partial charge >= 0.3 is 0 Å². The Morgan fingerprint density at radius 2 is 2.06 bits per heavy atom.